The van der Waals surface area contributed by atoms with E-state index in [9.17, 15) is 13.2 Å². The minimum atomic E-state index is -3.60. The first-order valence-electron chi connectivity index (χ1n) is 8.73. The average molecular weight is 409 g/mol. The number of carbonyl (C=O) groups excluding carboxylic acids is 1. The molecule has 7 nitrogen and oxygen atoms in total. The lowest BCUT2D eigenvalue weighted by atomic mass is 10.2. The lowest BCUT2D eigenvalue weighted by Gasteiger charge is -2.33. The number of ether oxygens (including phenoxy) is 2. The highest BCUT2D eigenvalue weighted by atomic mass is 32.2. The highest BCUT2D eigenvalue weighted by molar-refractivity contribution is 7.89. The van der Waals surface area contributed by atoms with Crippen molar-refractivity contribution in [2.45, 2.75) is 4.90 Å². The van der Waals surface area contributed by atoms with Gasteiger partial charge in [-0.1, -0.05) is 6.07 Å². The van der Waals surface area contributed by atoms with E-state index in [0.29, 0.717) is 57.4 Å². The van der Waals surface area contributed by atoms with Crippen LogP contribution in [0.4, 0.5) is 0 Å². The maximum atomic E-state index is 12.9. The zero-order valence-corrected chi connectivity index (χ0v) is 16.3. The summed E-state index contributed by atoms with van der Waals surface area (Å²) in [5, 5.41) is 1.88. The third-order valence-electron chi connectivity index (χ3n) is 4.65. The van der Waals surface area contributed by atoms with Crippen molar-refractivity contribution in [2.75, 3.05) is 45.9 Å². The lowest BCUT2D eigenvalue weighted by molar-refractivity contribution is 0.0905. The van der Waals surface area contributed by atoms with Crippen LogP contribution in [0.5, 0.6) is 11.5 Å². The van der Waals surface area contributed by atoms with Crippen LogP contribution >= 0.6 is 11.3 Å². The Kier molecular flexibility index (Phi) is 5.18. The van der Waals surface area contributed by atoms with Crippen molar-refractivity contribution in [1.29, 1.82) is 0 Å². The Balaban J connectivity index is 1.40. The van der Waals surface area contributed by atoms with Gasteiger partial charge in [0.25, 0.3) is 0 Å². The van der Waals surface area contributed by atoms with Crippen LogP contribution in [0, 0.1) is 0 Å². The fraction of sp³-hybridized carbons (Fsp3) is 0.389. The number of rotatable bonds is 5. The highest BCUT2D eigenvalue weighted by Gasteiger charge is 2.30. The molecule has 0 aliphatic carbocycles. The van der Waals surface area contributed by atoms with Crippen LogP contribution in [-0.4, -0.2) is 69.3 Å². The first kappa shape index (κ1) is 18.4. The van der Waals surface area contributed by atoms with Crippen LogP contribution in [0.25, 0.3) is 0 Å². The molecule has 1 aromatic heterocycles. The molecule has 0 N–H and O–H groups in total. The molecule has 1 aromatic carbocycles. The van der Waals surface area contributed by atoms with Gasteiger partial charge in [-0.05, 0) is 23.6 Å². The summed E-state index contributed by atoms with van der Waals surface area (Å²) in [6.45, 7) is 2.96. The summed E-state index contributed by atoms with van der Waals surface area (Å²) >= 11 is 1.43. The second kappa shape index (κ2) is 7.59. The number of ketones is 1. The van der Waals surface area contributed by atoms with E-state index in [0.717, 1.165) is 4.88 Å². The molecule has 2 aliphatic rings. The number of piperazine rings is 1. The van der Waals surface area contributed by atoms with Gasteiger partial charge >= 0.3 is 0 Å². The Morgan fingerprint density at radius 1 is 1.04 bits per heavy atom. The molecule has 0 saturated carbocycles. The van der Waals surface area contributed by atoms with Gasteiger partial charge in [0.15, 0.2) is 17.3 Å². The fourth-order valence-corrected chi connectivity index (χ4v) is 5.27. The predicted octanol–water partition coefficient (Wildman–Crippen LogP) is 1.71. The third kappa shape index (κ3) is 3.86. The standard InChI is InChI=1S/C18H20N2O5S2/c21-15(18-2-1-11-26-18)13-19-5-7-20(8-6-19)27(22,23)14-3-4-16-17(12-14)25-10-9-24-16/h1-4,11-12H,5-10,13H2. The largest absolute Gasteiger partial charge is 0.486 e. The van der Waals surface area contributed by atoms with E-state index >= 15 is 0 Å². The van der Waals surface area contributed by atoms with Crippen molar-refractivity contribution >= 4 is 27.1 Å². The molecule has 9 heteroatoms. The predicted molar refractivity (Wildman–Crippen MR) is 101 cm³/mol. The number of thiophene rings is 1. The summed E-state index contributed by atoms with van der Waals surface area (Å²) in [6.07, 6.45) is 0. The van der Waals surface area contributed by atoms with Crippen molar-refractivity contribution < 1.29 is 22.7 Å². The Bertz CT molecular complexity index is 919. The van der Waals surface area contributed by atoms with Gasteiger partial charge in [0.05, 0.1) is 16.3 Å². The molecule has 1 saturated heterocycles. The molecule has 0 bridgehead atoms. The van der Waals surface area contributed by atoms with E-state index in [1.165, 1.54) is 21.7 Å². The van der Waals surface area contributed by atoms with Crippen molar-refractivity contribution in [3.63, 3.8) is 0 Å². The van der Waals surface area contributed by atoms with Gasteiger partial charge in [0.1, 0.15) is 13.2 Å². The monoisotopic (exact) mass is 408 g/mol. The van der Waals surface area contributed by atoms with Crippen LogP contribution in [0.15, 0.2) is 40.6 Å². The lowest BCUT2D eigenvalue weighted by Crippen LogP contribution is -2.49. The van der Waals surface area contributed by atoms with Crippen LogP contribution in [-0.2, 0) is 10.0 Å². The normalized spacial score (nSPS) is 18.4. The zero-order valence-electron chi connectivity index (χ0n) is 14.7. The van der Waals surface area contributed by atoms with Crippen molar-refractivity contribution in [1.82, 2.24) is 9.21 Å². The summed E-state index contributed by atoms with van der Waals surface area (Å²) in [7, 11) is -3.60. The second-order valence-electron chi connectivity index (χ2n) is 6.39. The quantitative estimate of drug-likeness (QED) is 0.701. The Morgan fingerprint density at radius 3 is 2.48 bits per heavy atom. The molecule has 3 heterocycles. The van der Waals surface area contributed by atoms with Crippen molar-refractivity contribution in [3.05, 3.63) is 40.6 Å². The maximum absolute atomic E-state index is 12.9. The third-order valence-corrected chi connectivity index (χ3v) is 7.45. The van der Waals surface area contributed by atoms with E-state index in [4.69, 9.17) is 9.47 Å². The topological polar surface area (TPSA) is 76.2 Å². The molecular weight excluding hydrogens is 388 g/mol. The summed E-state index contributed by atoms with van der Waals surface area (Å²) in [4.78, 5) is 15.2. The van der Waals surface area contributed by atoms with E-state index in [2.05, 4.69) is 0 Å². The number of sulfonamides is 1. The molecule has 0 unspecified atom stereocenters. The van der Waals surface area contributed by atoms with Crippen LogP contribution in [0.2, 0.25) is 0 Å². The first-order valence-corrected chi connectivity index (χ1v) is 11.0. The van der Waals surface area contributed by atoms with Crippen molar-refractivity contribution in [2.24, 2.45) is 0 Å². The van der Waals surface area contributed by atoms with Crippen LogP contribution < -0.4 is 9.47 Å². The molecule has 144 valence electrons. The number of hydrogen-bond donors (Lipinski definition) is 0. The van der Waals surface area contributed by atoms with Gasteiger partial charge < -0.3 is 9.47 Å². The maximum Gasteiger partial charge on any atom is 0.243 e. The van der Waals surface area contributed by atoms with Gasteiger partial charge in [-0.25, -0.2) is 8.42 Å². The Hall–Kier alpha value is -1.94. The van der Waals surface area contributed by atoms with Gasteiger partial charge in [-0.15, -0.1) is 11.3 Å². The summed E-state index contributed by atoms with van der Waals surface area (Å²) < 4.78 is 38.3. The van der Waals surface area contributed by atoms with Gasteiger partial charge in [-0.3, -0.25) is 9.69 Å². The molecule has 2 aromatic rings. The van der Waals surface area contributed by atoms with Gasteiger partial charge in [0.2, 0.25) is 10.0 Å². The van der Waals surface area contributed by atoms with Crippen molar-refractivity contribution in [3.8, 4) is 11.5 Å². The fourth-order valence-electron chi connectivity index (χ4n) is 3.18. The molecular formula is C18H20N2O5S2. The second-order valence-corrected chi connectivity index (χ2v) is 9.27. The molecule has 27 heavy (non-hydrogen) atoms. The molecule has 1 fully saturated rings. The van der Waals surface area contributed by atoms with E-state index in [1.807, 2.05) is 22.4 Å². The van der Waals surface area contributed by atoms with Crippen LogP contribution in [0.3, 0.4) is 0 Å². The van der Waals surface area contributed by atoms with Gasteiger partial charge in [-0.2, -0.15) is 4.31 Å². The average Bonchev–Trinajstić information content (AvgIpc) is 3.23. The molecule has 4 rings (SSSR count). The van der Waals surface area contributed by atoms with E-state index < -0.39 is 10.0 Å². The smallest absolute Gasteiger partial charge is 0.243 e. The van der Waals surface area contributed by atoms with Crippen LogP contribution in [0.1, 0.15) is 9.67 Å². The number of fused-ring (bicyclic) bond motifs is 1. The molecule has 0 atom stereocenters. The molecule has 0 amide bonds. The number of benzene rings is 1. The minimum absolute atomic E-state index is 0.0770. The zero-order chi connectivity index (χ0) is 18.9. The number of Topliss-reactive ketones (excluding diaryl/α,β-unsaturated/α-hetero) is 1. The first-order chi connectivity index (χ1) is 13.0. The molecule has 0 radical (unpaired) electrons. The number of carbonyl (C=O) groups is 1. The number of hydrogen-bond acceptors (Lipinski definition) is 7. The highest BCUT2D eigenvalue weighted by Crippen LogP contribution is 2.33. The summed E-state index contributed by atoms with van der Waals surface area (Å²) in [5.41, 5.74) is 0. The Morgan fingerprint density at radius 2 is 1.78 bits per heavy atom. The van der Waals surface area contributed by atoms with E-state index in [-0.39, 0.29) is 10.7 Å². The summed E-state index contributed by atoms with van der Waals surface area (Å²) in [6, 6.07) is 8.38. The SMILES string of the molecule is O=C(CN1CCN(S(=O)(=O)c2ccc3c(c2)OCCO3)CC1)c1cccs1. The molecule has 0 spiro atoms. The number of nitrogens with zero attached hydrogens (tertiary/aromatic N) is 2. The molecule has 2 aliphatic heterocycles. The summed E-state index contributed by atoms with van der Waals surface area (Å²) in [5.74, 6) is 1.10. The Labute approximate surface area is 162 Å². The van der Waals surface area contributed by atoms with E-state index in [1.54, 1.807) is 12.1 Å². The minimum Gasteiger partial charge on any atom is -0.486 e. The van der Waals surface area contributed by atoms with Gasteiger partial charge in [0, 0.05) is 32.2 Å².